The van der Waals surface area contributed by atoms with Gasteiger partial charge < -0.3 is 25.0 Å². The van der Waals surface area contributed by atoms with Crippen molar-refractivity contribution in [2.45, 2.75) is 32.4 Å². The van der Waals surface area contributed by atoms with Gasteiger partial charge in [-0.3, -0.25) is 9.89 Å². The second-order valence-corrected chi connectivity index (χ2v) is 7.93. The van der Waals surface area contributed by atoms with Crippen LogP contribution in [-0.4, -0.2) is 78.6 Å². The molecular weight excluding hydrogens is 493 g/mol. The van der Waals surface area contributed by atoms with Crippen LogP contribution in [0, 0.1) is 0 Å². The van der Waals surface area contributed by atoms with E-state index >= 15 is 0 Å². The second-order valence-electron chi connectivity index (χ2n) is 7.93. The standard InChI is InChI=1S/C22H35N5O2.HI/c1-3-23-21(25-17-22(2,28)18-26-13-15-29-16-14-26)24-10-6-11-27-12-9-19-7-4-5-8-20(19)27;/h4-5,7-9,12,28H,3,6,10-11,13-18H2,1-2H3,(H2,23,24,25);1H. The van der Waals surface area contributed by atoms with Crippen molar-refractivity contribution in [3.05, 3.63) is 36.5 Å². The number of nitrogens with zero attached hydrogens (tertiary/aromatic N) is 3. The molecule has 1 aliphatic rings. The van der Waals surface area contributed by atoms with Gasteiger partial charge in [-0.05, 0) is 37.8 Å². The first-order valence-corrected chi connectivity index (χ1v) is 10.7. The Labute approximate surface area is 196 Å². The molecule has 1 atom stereocenters. The van der Waals surface area contributed by atoms with E-state index < -0.39 is 5.60 Å². The molecular formula is C22H36IN5O2. The van der Waals surface area contributed by atoms with Crippen molar-refractivity contribution in [2.24, 2.45) is 4.99 Å². The molecule has 3 rings (SSSR count). The fourth-order valence-corrected chi connectivity index (χ4v) is 3.67. The number of morpholine rings is 1. The highest BCUT2D eigenvalue weighted by atomic mass is 127. The van der Waals surface area contributed by atoms with Gasteiger partial charge in [0, 0.05) is 51.0 Å². The number of aryl methyl sites for hydroxylation is 1. The summed E-state index contributed by atoms with van der Waals surface area (Å²) in [6.07, 6.45) is 3.14. The molecule has 30 heavy (non-hydrogen) atoms. The molecule has 3 N–H and O–H groups in total. The summed E-state index contributed by atoms with van der Waals surface area (Å²) in [7, 11) is 0. The van der Waals surface area contributed by atoms with Crippen LogP contribution in [0.2, 0.25) is 0 Å². The summed E-state index contributed by atoms with van der Waals surface area (Å²) in [6, 6.07) is 10.6. The molecule has 2 aromatic rings. The molecule has 1 saturated heterocycles. The van der Waals surface area contributed by atoms with Gasteiger partial charge in [-0.25, -0.2) is 0 Å². The van der Waals surface area contributed by atoms with Gasteiger partial charge in [0.2, 0.25) is 0 Å². The van der Waals surface area contributed by atoms with Crippen molar-refractivity contribution in [2.75, 3.05) is 52.5 Å². The molecule has 0 aliphatic carbocycles. The van der Waals surface area contributed by atoms with Gasteiger partial charge in [-0.2, -0.15) is 0 Å². The number of fused-ring (bicyclic) bond motifs is 1. The maximum Gasteiger partial charge on any atom is 0.191 e. The third-order valence-corrected chi connectivity index (χ3v) is 5.14. The minimum atomic E-state index is -0.857. The topological polar surface area (TPSA) is 74.1 Å². The van der Waals surface area contributed by atoms with Gasteiger partial charge in [0.05, 0.1) is 25.4 Å². The first-order chi connectivity index (χ1) is 14.1. The highest BCUT2D eigenvalue weighted by Crippen LogP contribution is 2.15. The van der Waals surface area contributed by atoms with Crippen molar-refractivity contribution in [1.82, 2.24) is 20.1 Å². The molecule has 0 spiro atoms. The lowest BCUT2D eigenvalue weighted by Crippen LogP contribution is -2.48. The highest BCUT2D eigenvalue weighted by Gasteiger charge is 2.25. The van der Waals surface area contributed by atoms with Crippen molar-refractivity contribution >= 4 is 40.8 Å². The number of halogens is 1. The molecule has 2 heterocycles. The molecule has 1 aliphatic heterocycles. The van der Waals surface area contributed by atoms with Crippen molar-refractivity contribution in [3.63, 3.8) is 0 Å². The van der Waals surface area contributed by atoms with Crippen LogP contribution in [0.1, 0.15) is 20.3 Å². The number of rotatable bonds is 9. The SMILES string of the molecule is CCNC(=NCC(C)(O)CN1CCOCC1)NCCCn1ccc2ccccc21.I. The van der Waals surface area contributed by atoms with E-state index in [0.717, 1.165) is 58.3 Å². The number of ether oxygens (including phenoxy) is 1. The Hall–Kier alpha value is -1.36. The van der Waals surface area contributed by atoms with Gasteiger partial charge in [-0.15, -0.1) is 24.0 Å². The summed E-state index contributed by atoms with van der Waals surface area (Å²) < 4.78 is 7.66. The van der Waals surface area contributed by atoms with Crippen molar-refractivity contribution in [3.8, 4) is 0 Å². The Morgan fingerprint density at radius 1 is 1.20 bits per heavy atom. The normalized spacial score (nSPS) is 17.4. The first kappa shape index (κ1) is 24.9. The fraction of sp³-hybridized carbons (Fsp3) is 0.591. The van der Waals surface area contributed by atoms with Crippen LogP contribution in [0.5, 0.6) is 0 Å². The molecule has 1 aromatic carbocycles. The highest BCUT2D eigenvalue weighted by molar-refractivity contribution is 14.0. The number of aliphatic hydroxyl groups is 1. The zero-order valence-corrected chi connectivity index (χ0v) is 20.5. The minimum absolute atomic E-state index is 0. The summed E-state index contributed by atoms with van der Waals surface area (Å²) in [4.78, 5) is 6.85. The van der Waals surface area contributed by atoms with E-state index in [4.69, 9.17) is 4.74 Å². The summed E-state index contributed by atoms with van der Waals surface area (Å²) in [6.45, 7) is 10.7. The van der Waals surface area contributed by atoms with E-state index in [1.165, 1.54) is 10.9 Å². The predicted molar refractivity (Wildman–Crippen MR) is 134 cm³/mol. The van der Waals surface area contributed by atoms with E-state index in [0.29, 0.717) is 13.1 Å². The maximum absolute atomic E-state index is 10.7. The summed E-state index contributed by atoms with van der Waals surface area (Å²) in [5, 5.41) is 18.7. The molecule has 0 bridgehead atoms. The number of benzene rings is 1. The lowest BCUT2D eigenvalue weighted by Gasteiger charge is -2.33. The van der Waals surface area contributed by atoms with Crippen LogP contribution in [0.3, 0.4) is 0 Å². The number of hydrogen-bond donors (Lipinski definition) is 3. The minimum Gasteiger partial charge on any atom is -0.387 e. The Morgan fingerprint density at radius 2 is 1.97 bits per heavy atom. The van der Waals surface area contributed by atoms with Crippen LogP contribution in [0.15, 0.2) is 41.5 Å². The van der Waals surface area contributed by atoms with Crippen LogP contribution in [0.25, 0.3) is 10.9 Å². The average molecular weight is 529 g/mol. The molecule has 168 valence electrons. The molecule has 0 radical (unpaired) electrons. The average Bonchev–Trinajstić information content (AvgIpc) is 3.13. The summed E-state index contributed by atoms with van der Waals surface area (Å²) in [5.41, 5.74) is 0.413. The van der Waals surface area contributed by atoms with Crippen LogP contribution in [0.4, 0.5) is 0 Å². The Balaban J connectivity index is 0.00000320. The van der Waals surface area contributed by atoms with Gasteiger partial charge >= 0.3 is 0 Å². The Morgan fingerprint density at radius 3 is 2.73 bits per heavy atom. The number of aliphatic imine (C=N–C) groups is 1. The van der Waals surface area contributed by atoms with Crippen LogP contribution in [-0.2, 0) is 11.3 Å². The maximum atomic E-state index is 10.7. The number of nitrogens with one attached hydrogen (secondary N) is 2. The van der Waals surface area contributed by atoms with E-state index in [2.05, 4.69) is 68.5 Å². The molecule has 1 unspecified atom stereocenters. The van der Waals surface area contributed by atoms with Gasteiger partial charge in [-0.1, -0.05) is 18.2 Å². The number of aromatic nitrogens is 1. The fourth-order valence-electron chi connectivity index (χ4n) is 3.67. The van der Waals surface area contributed by atoms with Crippen LogP contribution < -0.4 is 10.6 Å². The second kappa shape index (κ2) is 12.5. The summed E-state index contributed by atoms with van der Waals surface area (Å²) >= 11 is 0. The monoisotopic (exact) mass is 529 g/mol. The lowest BCUT2D eigenvalue weighted by atomic mass is 10.1. The number of β-amino-alcohol motifs (C(OH)–C–C–N with tert-alkyl or cyclic N) is 1. The van der Waals surface area contributed by atoms with Gasteiger partial charge in [0.1, 0.15) is 0 Å². The molecule has 8 heteroatoms. The number of hydrogen-bond acceptors (Lipinski definition) is 4. The third-order valence-electron chi connectivity index (χ3n) is 5.14. The van der Waals surface area contributed by atoms with Crippen molar-refractivity contribution < 1.29 is 9.84 Å². The molecule has 1 fully saturated rings. The Bertz CT molecular complexity index is 787. The van der Waals surface area contributed by atoms with Crippen molar-refractivity contribution in [1.29, 1.82) is 0 Å². The first-order valence-electron chi connectivity index (χ1n) is 10.7. The number of para-hydroxylation sites is 1. The van der Waals surface area contributed by atoms with E-state index in [9.17, 15) is 5.11 Å². The predicted octanol–water partition coefficient (Wildman–Crippen LogP) is 2.29. The van der Waals surface area contributed by atoms with Gasteiger partial charge in [0.15, 0.2) is 5.96 Å². The smallest absolute Gasteiger partial charge is 0.191 e. The number of guanidine groups is 1. The van der Waals surface area contributed by atoms with Gasteiger partial charge in [0.25, 0.3) is 0 Å². The summed E-state index contributed by atoms with van der Waals surface area (Å²) in [5.74, 6) is 0.757. The molecule has 1 aromatic heterocycles. The van der Waals surface area contributed by atoms with E-state index in [-0.39, 0.29) is 24.0 Å². The largest absolute Gasteiger partial charge is 0.387 e. The zero-order valence-electron chi connectivity index (χ0n) is 18.1. The third kappa shape index (κ3) is 7.72. The Kier molecular flexibility index (Phi) is 10.4. The lowest BCUT2D eigenvalue weighted by molar-refractivity contribution is -0.0179. The van der Waals surface area contributed by atoms with Crippen LogP contribution >= 0.6 is 24.0 Å². The molecule has 0 saturated carbocycles. The van der Waals surface area contributed by atoms with E-state index in [1.54, 1.807) is 0 Å². The molecule has 0 amide bonds. The molecule has 7 nitrogen and oxygen atoms in total. The van der Waals surface area contributed by atoms with E-state index in [1.807, 2.05) is 6.92 Å². The zero-order chi connectivity index (χ0) is 20.5. The quantitative estimate of drug-likeness (QED) is 0.201.